The maximum Gasteiger partial charge on any atom is 0.352 e. The number of aliphatic carboxylic acids is 1. The van der Waals surface area contributed by atoms with Crippen molar-refractivity contribution in [1.82, 2.24) is 0 Å². The highest BCUT2D eigenvalue weighted by Crippen LogP contribution is 2.45. The number of hydrazone groups is 1. The summed E-state index contributed by atoms with van der Waals surface area (Å²) in [5.74, 6) is -2.19. The molecule has 0 saturated carbocycles. The minimum atomic E-state index is -1.27. The Balaban J connectivity index is 2.13. The molecule has 0 spiro atoms. The summed E-state index contributed by atoms with van der Waals surface area (Å²) >= 11 is 19.4. The van der Waals surface area contributed by atoms with E-state index < -0.39 is 24.6 Å². The molecule has 0 fully saturated rings. The van der Waals surface area contributed by atoms with Gasteiger partial charge >= 0.3 is 5.97 Å². The Bertz CT molecular complexity index is 827. The summed E-state index contributed by atoms with van der Waals surface area (Å²) in [6.45, 7) is -0.868. The number of anilines is 1. The molecule has 0 amide bonds. The van der Waals surface area contributed by atoms with Gasteiger partial charge in [-0.1, -0.05) is 34.8 Å². The van der Waals surface area contributed by atoms with Crippen molar-refractivity contribution in [2.75, 3.05) is 11.7 Å². The van der Waals surface area contributed by atoms with Crippen LogP contribution in [0.3, 0.4) is 0 Å². The van der Waals surface area contributed by atoms with Gasteiger partial charge in [-0.2, -0.15) is 5.10 Å². The van der Waals surface area contributed by atoms with Crippen LogP contribution in [-0.2, 0) is 4.79 Å². The highest BCUT2D eigenvalue weighted by Gasteiger charge is 2.43. The molecule has 2 unspecified atom stereocenters. The minimum Gasteiger partial charge on any atom is -0.477 e. The van der Waals surface area contributed by atoms with Crippen molar-refractivity contribution in [3.8, 4) is 0 Å². The third kappa shape index (κ3) is 3.11. The van der Waals surface area contributed by atoms with Gasteiger partial charge in [0.1, 0.15) is 6.67 Å². The lowest BCUT2D eigenvalue weighted by Crippen LogP contribution is -2.29. The molecular weight excluding hydrogens is 398 g/mol. The zero-order valence-corrected chi connectivity index (χ0v) is 15.0. The van der Waals surface area contributed by atoms with E-state index in [0.717, 1.165) is 0 Å². The van der Waals surface area contributed by atoms with Gasteiger partial charge < -0.3 is 5.11 Å². The molecule has 2 heterocycles. The van der Waals surface area contributed by atoms with Crippen LogP contribution in [-0.4, -0.2) is 23.5 Å². The number of rotatable bonds is 4. The number of nitrogens with zero attached hydrogens (tertiary/aromatic N) is 2. The largest absolute Gasteiger partial charge is 0.477 e. The molecule has 2 aromatic rings. The van der Waals surface area contributed by atoms with Crippen LogP contribution in [0, 0.1) is 5.92 Å². The molecule has 1 aliphatic heterocycles. The summed E-state index contributed by atoms with van der Waals surface area (Å²) in [5, 5.41) is 15.6. The normalized spacial score (nSPS) is 20.3. The summed E-state index contributed by atoms with van der Waals surface area (Å²) in [6.07, 6.45) is 0. The maximum absolute atomic E-state index is 13.7. The summed E-state index contributed by atoms with van der Waals surface area (Å²) in [4.78, 5) is 12.2. The fraction of sp³-hybridized carbons (Fsp3) is 0.200. The first-order valence-electron chi connectivity index (χ1n) is 6.79. The number of hydrogen-bond acceptors (Lipinski definition) is 4. The Morgan fingerprint density at radius 1 is 1.29 bits per heavy atom. The number of carboxylic acid groups (broad SMARTS) is 1. The average molecular weight is 408 g/mol. The van der Waals surface area contributed by atoms with Gasteiger partial charge in [0.15, 0.2) is 5.71 Å². The van der Waals surface area contributed by atoms with Gasteiger partial charge in [0.05, 0.1) is 27.0 Å². The van der Waals surface area contributed by atoms with E-state index in [1.54, 1.807) is 24.3 Å². The van der Waals surface area contributed by atoms with Crippen molar-refractivity contribution < 1.29 is 14.3 Å². The molecule has 0 aliphatic carbocycles. The van der Waals surface area contributed by atoms with E-state index >= 15 is 0 Å². The lowest BCUT2D eigenvalue weighted by atomic mass is 9.95. The number of carbonyl (C=O) groups is 1. The first-order chi connectivity index (χ1) is 11.4. The van der Waals surface area contributed by atoms with Gasteiger partial charge in [-0.25, -0.2) is 4.79 Å². The number of halogens is 4. The van der Waals surface area contributed by atoms with Crippen LogP contribution in [0.2, 0.25) is 14.4 Å². The molecule has 9 heteroatoms. The van der Waals surface area contributed by atoms with Crippen LogP contribution in [0.4, 0.5) is 10.1 Å². The molecular formula is C15H10Cl3FN2O2S. The molecule has 0 saturated heterocycles. The summed E-state index contributed by atoms with van der Waals surface area (Å²) in [6, 6.07) is 7.53. The van der Waals surface area contributed by atoms with E-state index in [1.807, 2.05) is 0 Å². The quantitative estimate of drug-likeness (QED) is 0.748. The second-order valence-electron chi connectivity index (χ2n) is 5.08. The first-order valence-corrected chi connectivity index (χ1v) is 8.74. The topological polar surface area (TPSA) is 52.9 Å². The van der Waals surface area contributed by atoms with E-state index in [9.17, 15) is 14.3 Å². The third-order valence-electron chi connectivity index (χ3n) is 3.64. The van der Waals surface area contributed by atoms with E-state index in [-0.39, 0.29) is 5.71 Å². The Morgan fingerprint density at radius 2 is 2.04 bits per heavy atom. The zero-order chi connectivity index (χ0) is 17.4. The van der Waals surface area contributed by atoms with Gasteiger partial charge in [0.2, 0.25) is 0 Å². The molecule has 2 atom stereocenters. The Labute approximate surface area is 156 Å². The molecule has 1 aliphatic rings. The SMILES string of the molecule is O=C(O)C1=NN(c2ccc(Cl)cc2Cl)C(c2ccc(Cl)s2)C1CF. The van der Waals surface area contributed by atoms with Crippen LogP contribution >= 0.6 is 46.1 Å². The Hall–Kier alpha value is -1.34. The highest BCUT2D eigenvalue weighted by molar-refractivity contribution is 7.16. The van der Waals surface area contributed by atoms with Crippen molar-refractivity contribution in [3.05, 3.63) is 49.6 Å². The van der Waals surface area contributed by atoms with Gasteiger partial charge in [-0.15, -0.1) is 11.3 Å². The maximum atomic E-state index is 13.7. The summed E-state index contributed by atoms with van der Waals surface area (Å²) in [5.41, 5.74) is 0.198. The first kappa shape index (κ1) is 17.5. The van der Waals surface area contributed by atoms with E-state index in [4.69, 9.17) is 34.8 Å². The Morgan fingerprint density at radius 3 is 2.58 bits per heavy atom. The number of carboxylic acids is 1. The van der Waals surface area contributed by atoms with Gasteiger partial charge in [-0.05, 0) is 30.3 Å². The fourth-order valence-corrected chi connectivity index (χ4v) is 4.32. The smallest absolute Gasteiger partial charge is 0.352 e. The molecule has 24 heavy (non-hydrogen) atoms. The van der Waals surface area contributed by atoms with Crippen LogP contribution < -0.4 is 5.01 Å². The second kappa shape index (κ2) is 6.88. The number of thiophene rings is 1. The predicted molar refractivity (Wildman–Crippen MR) is 95.5 cm³/mol. The van der Waals surface area contributed by atoms with Crippen molar-refractivity contribution in [2.45, 2.75) is 6.04 Å². The fourth-order valence-electron chi connectivity index (χ4n) is 2.61. The molecule has 0 radical (unpaired) electrons. The van der Waals surface area contributed by atoms with Gasteiger partial charge in [0, 0.05) is 9.90 Å². The van der Waals surface area contributed by atoms with Crippen LogP contribution in [0.15, 0.2) is 35.4 Å². The average Bonchev–Trinajstić information content (AvgIpc) is 3.10. The van der Waals surface area contributed by atoms with Crippen molar-refractivity contribution in [3.63, 3.8) is 0 Å². The summed E-state index contributed by atoms with van der Waals surface area (Å²) in [7, 11) is 0. The second-order valence-corrected chi connectivity index (χ2v) is 7.67. The Kier molecular flexibility index (Phi) is 5.01. The molecule has 0 bridgehead atoms. The van der Waals surface area contributed by atoms with Crippen molar-refractivity contribution in [2.24, 2.45) is 11.0 Å². The summed E-state index contributed by atoms with van der Waals surface area (Å²) < 4.78 is 14.2. The number of benzene rings is 1. The van der Waals surface area contributed by atoms with Crippen molar-refractivity contribution >= 4 is 63.5 Å². The van der Waals surface area contributed by atoms with Crippen LogP contribution in [0.5, 0.6) is 0 Å². The minimum absolute atomic E-state index is 0.252. The molecule has 3 rings (SSSR count). The monoisotopic (exact) mass is 406 g/mol. The molecule has 1 N–H and O–H groups in total. The molecule has 4 nitrogen and oxygen atoms in total. The lowest BCUT2D eigenvalue weighted by molar-refractivity contribution is -0.129. The van der Waals surface area contributed by atoms with Crippen molar-refractivity contribution in [1.29, 1.82) is 0 Å². The van der Waals surface area contributed by atoms with E-state index in [2.05, 4.69) is 5.10 Å². The zero-order valence-electron chi connectivity index (χ0n) is 11.9. The highest BCUT2D eigenvalue weighted by atomic mass is 35.5. The standard InChI is InChI=1S/C15H10Cl3FN2O2S/c16-7-1-2-10(9(17)5-7)21-14(11-3-4-12(18)24-11)8(6-19)13(20-21)15(22)23/h1-5,8,14H,6H2,(H,22,23). The predicted octanol–water partition coefficient (Wildman–Crippen LogP) is 5.30. The molecule has 1 aromatic heterocycles. The van der Waals surface area contributed by atoms with Gasteiger partial charge in [-0.3, -0.25) is 9.40 Å². The van der Waals surface area contributed by atoms with Gasteiger partial charge in [0.25, 0.3) is 0 Å². The molecule has 1 aromatic carbocycles. The number of alkyl halides is 1. The van der Waals surface area contributed by atoms with E-state index in [0.29, 0.717) is 24.9 Å². The third-order valence-corrected chi connectivity index (χ3v) is 5.48. The lowest BCUT2D eigenvalue weighted by Gasteiger charge is -2.26. The van der Waals surface area contributed by atoms with E-state index in [1.165, 1.54) is 22.4 Å². The van der Waals surface area contributed by atoms with Crippen LogP contribution in [0.25, 0.3) is 0 Å². The van der Waals surface area contributed by atoms with Crippen LogP contribution in [0.1, 0.15) is 10.9 Å². The molecule has 126 valence electrons. The number of hydrogen-bond donors (Lipinski definition) is 1.